The van der Waals surface area contributed by atoms with E-state index in [-0.39, 0.29) is 11.6 Å². The number of non-ortho nitro benzene ring substituents is 1. The van der Waals surface area contributed by atoms with Crippen LogP contribution >= 0.6 is 0 Å². The molecule has 0 atom stereocenters. The molecular formula is C21H19N5O3. The van der Waals surface area contributed by atoms with Crippen molar-refractivity contribution < 1.29 is 9.72 Å². The minimum absolute atomic E-state index is 0.00180. The summed E-state index contributed by atoms with van der Waals surface area (Å²) in [5, 5.41) is 19.2. The molecule has 2 aromatic heterocycles. The van der Waals surface area contributed by atoms with Gasteiger partial charge in [-0.25, -0.2) is 4.68 Å². The van der Waals surface area contributed by atoms with Crippen molar-refractivity contribution in [3.63, 3.8) is 0 Å². The molecular weight excluding hydrogens is 370 g/mol. The highest BCUT2D eigenvalue weighted by molar-refractivity contribution is 5.91. The van der Waals surface area contributed by atoms with Gasteiger partial charge >= 0.3 is 0 Å². The van der Waals surface area contributed by atoms with Crippen LogP contribution in [0.2, 0.25) is 0 Å². The zero-order valence-corrected chi connectivity index (χ0v) is 15.8. The highest BCUT2D eigenvalue weighted by Crippen LogP contribution is 2.22. The van der Waals surface area contributed by atoms with Crippen LogP contribution in [0.15, 0.2) is 60.8 Å². The van der Waals surface area contributed by atoms with Gasteiger partial charge < -0.3 is 10.3 Å². The molecule has 2 N–H and O–H groups in total. The van der Waals surface area contributed by atoms with Gasteiger partial charge in [0, 0.05) is 41.7 Å². The number of nitro groups is 1. The molecule has 0 spiro atoms. The van der Waals surface area contributed by atoms with Crippen molar-refractivity contribution in [1.29, 1.82) is 0 Å². The number of nitrogens with one attached hydrogen (secondary N) is 2. The third-order valence-electron chi connectivity index (χ3n) is 4.70. The van der Waals surface area contributed by atoms with Crippen LogP contribution in [0.4, 0.5) is 11.5 Å². The van der Waals surface area contributed by atoms with Crippen LogP contribution in [0.1, 0.15) is 17.7 Å². The van der Waals surface area contributed by atoms with E-state index in [0.717, 1.165) is 22.2 Å². The number of rotatable bonds is 6. The molecule has 8 heteroatoms. The average Bonchev–Trinajstić information content (AvgIpc) is 3.29. The lowest BCUT2D eigenvalue weighted by Gasteiger charge is -2.09. The first-order chi connectivity index (χ1) is 14.0. The van der Waals surface area contributed by atoms with Crippen LogP contribution in [0, 0.1) is 17.0 Å². The molecule has 0 radical (unpaired) electrons. The van der Waals surface area contributed by atoms with Gasteiger partial charge in [-0.15, -0.1) is 0 Å². The Morgan fingerprint density at radius 1 is 1.21 bits per heavy atom. The Morgan fingerprint density at radius 3 is 2.72 bits per heavy atom. The van der Waals surface area contributed by atoms with Gasteiger partial charge in [0.15, 0.2) is 0 Å². The molecule has 0 aliphatic rings. The van der Waals surface area contributed by atoms with Crippen LogP contribution in [-0.4, -0.2) is 25.6 Å². The summed E-state index contributed by atoms with van der Waals surface area (Å²) in [4.78, 5) is 26.1. The number of aromatic amines is 1. The van der Waals surface area contributed by atoms with Gasteiger partial charge in [-0.05, 0) is 37.1 Å². The van der Waals surface area contributed by atoms with Crippen molar-refractivity contribution in [3.8, 4) is 5.69 Å². The number of nitro benzene ring substituents is 1. The van der Waals surface area contributed by atoms with Gasteiger partial charge in [-0.1, -0.05) is 18.2 Å². The number of fused-ring (bicyclic) bond motifs is 1. The normalized spacial score (nSPS) is 10.9. The second-order valence-corrected chi connectivity index (χ2v) is 6.76. The second-order valence-electron chi connectivity index (χ2n) is 6.76. The number of H-pyrrole nitrogens is 1. The van der Waals surface area contributed by atoms with Crippen molar-refractivity contribution in [2.24, 2.45) is 0 Å². The number of carbonyl (C=O) groups is 1. The van der Waals surface area contributed by atoms with Gasteiger partial charge in [0.2, 0.25) is 5.91 Å². The third-order valence-corrected chi connectivity index (χ3v) is 4.70. The number of benzene rings is 2. The summed E-state index contributed by atoms with van der Waals surface area (Å²) in [7, 11) is 0. The van der Waals surface area contributed by atoms with E-state index in [0.29, 0.717) is 24.3 Å². The van der Waals surface area contributed by atoms with Gasteiger partial charge in [0.05, 0.1) is 16.3 Å². The number of anilines is 1. The summed E-state index contributed by atoms with van der Waals surface area (Å²) in [6.45, 7) is 1.82. The summed E-state index contributed by atoms with van der Waals surface area (Å²) in [5.74, 6) is 0.402. The highest BCUT2D eigenvalue weighted by atomic mass is 16.6. The number of hydrogen-bond donors (Lipinski definition) is 2. The molecule has 2 heterocycles. The maximum absolute atomic E-state index is 12.5. The fourth-order valence-corrected chi connectivity index (χ4v) is 3.29. The largest absolute Gasteiger partial charge is 0.361 e. The predicted octanol–water partition coefficient (Wildman–Crippen LogP) is 4.14. The van der Waals surface area contributed by atoms with Crippen molar-refractivity contribution in [2.45, 2.75) is 19.8 Å². The second kappa shape index (κ2) is 7.59. The van der Waals surface area contributed by atoms with Crippen LogP contribution in [0.25, 0.3) is 16.6 Å². The SMILES string of the molecule is Cc1cc(NC(=O)CCc2c[nH]c3ccccc23)n(-c2ccc([N+](=O)[O-])cc2)n1. The molecule has 0 aliphatic heterocycles. The predicted molar refractivity (Wildman–Crippen MR) is 110 cm³/mol. The van der Waals surface area contributed by atoms with E-state index in [2.05, 4.69) is 15.4 Å². The lowest BCUT2D eigenvalue weighted by atomic mass is 10.1. The molecule has 146 valence electrons. The lowest BCUT2D eigenvalue weighted by Crippen LogP contribution is -2.15. The minimum atomic E-state index is -0.453. The third kappa shape index (κ3) is 3.86. The molecule has 0 unspecified atom stereocenters. The first-order valence-corrected chi connectivity index (χ1v) is 9.17. The van der Waals surface area contributed by atoms with Crippen molar-refractivity contribution in [2.75, 3.05) is 5.32 Å². The molecule has 1 amide bonds. The fraction of sp³-hybridized carbons (Fsp3) is 0.143. The Balaban J connectivity index is 1.48. The molecule has 2 aromatic carbocycles. The van der Waals surface area contributed by atoms with Crippen molar-refractivity contribution in [1.82, 2.24) is 14.8 Å². The van der Waals surface area contributed by atoms with E-state index in [4.69, 9.17) is 0 Å². The molecule has 0 bridgehead atoms. The maximum Gasteiger partial charge on any atom is 0.269 e. The topological polar surface area (TPSA) is 106 Å². The van der Waals surface area contributed by atoms with Crippen LogP contribution in [0.3, 0.4) is 0 Å². The maximum atomic E-state index is 12.5. The molecule has 0 saturated heterocycles. The molecule has 29 heavy (non-hydrogen) atoms. The Bertz CT molecular complexity index is 1190. The quantitative estimate of drug-likeness (QED) is 0.382. The van der Waals surface area contributed by atoms with Gasteiger partial charge in [-0.2, -0.15) is 5.10 Å². The molecule has 0 fully saturated rings. The standard InChI is InChI=1S/C21H19N5O3/c1-14-12-20(25(24-14)16-7-9-17(10-8-16)26(28)29)23-21(27)11-6-15-13-22-19-5-3-2-4-18(15)19/h2-5,7-10,12-13,22H,6,11H2,1H3,(H,23,27). The Morgan fingerprint density at radius 2 is 1.97 bits per heavy atom. The van der Waals surface area contributed by atoms with E-state index in [1.165, 1.54) is 12.1 Å². The number of para-hydroxylation sites is 1. The zero-order chi connectivity index (χ0) is 20.4. The smallest absolute Gasteiger partial charge is 0.269 e. The summed E-state index contributed by atoms with van der Waals surface area (Å²) in [6, 6.07) is 15.8. The Hall–Kier alpha value is -3.94. The van der Waals surface area contributed by atoms with E-state index in [1.807, 2.05) is 37.4 Å². The fourth-order valence-electron chi connectivity index (χ4n) is 3.29. The van der Waals surface area contributed by atoms with Crippen molar-refractivity contribution >= 4 is 28.3 Å². The van der Waals surface area contributed by atoms with E-state index < -0.39 is 4.92 Å². The molecule has 8 nitrogen and oxygen atoms in total. The number of amides is 1. The Kier molecular flexibility index (Phi) is 4.82. The van der Waals surface area contributed by atoms with E-state index in [9.17, 15) is 14.9 Å². The van der Waals surface area contributed by atoms with E-state index >= 15 is 0 Å². The van der Waals surface area contributed by atoms with Crippen molar-refractivity contribution in [3.05, 3.63) is 82.2 Å². The number of carbonyl (C=O) groups excluding carboxylic acids is 1. The first kappa shape index (κ1) is 18.4. The van der Waals surface area contributed by atoms with Gasteiger partial charge in [-0.3, -0.25) is 14.9 Å². The lowest BCUT2D eigenvalue weighted by molar-refractivity contribution is -0.384. The first-order valence-electron chi connectivity index (χ1n) is 9.17. The van der Waals surface area contributed by atoms with Crippen LogP contribution in [0.5, 0.6) is 0 Å². The van der Waals surface area contributed by atoms with Gasteiger partial charge in [0.1, 0.15) is 5.82 Å². The highest BCUT2D eigenvalue weighted by Gasteiger charge is 2.13. The number of hydrogen-bond acceptors (Lipinski definition) is 4. The number of aryl methyl sites for hydroxylation is 2. The summed E-state index contributed by atoms with van der Waals surface area (Å²) >= 11 is 0. The molecule has 4 aromatic rings. The zero-order valence-electron chi connectivity index (χ0n) is 15.8. The molecule has 0 aliphatic carbocycles. The summed E-state index contributed by atoms with van der Waals surface area (Å²) in [5.41, 5.74) is 3.51. The Labute approximate surface area is 166 Å². The summed E-state index contributed by atoms with van der Waals surface area (Å²) < 4.78 is 1.57. The van der Waals surface area contributed by atoms with Crippen LogP contribution < -0.4 is 5.32 Å². The van der Waals surface area contributed by atoms with Gasteiger partial charge in [0.25, 0.3) is 5.69 Å². The number of aromatic nitrogens is 3. The minimum Gasteiger partial charge on any atom is -0.361 e. The monoisotopic (exact) mass is 389 g/mol. The summed E-state index contributed by atoms with van der Waals surface area (Å²) in [6.07, 6.45) is 2.87. The molecule has 0 saturated carbocycles. The molecule has 4 rings (SSSR count). The van der Waals surface area contributed by atoms with E-state index in [1.54, 1.807) is 22.9 Å². The van der Waals surface area contributed by atoms with Crippen LogP contribution in [-0.2, 0) is 11.2 Å². The average molecular weight is 389 g/mol. The number of nitrogens with zero attached hydrogens (tertiary/aromatic N) is 3.